The largest absolute Gasteiger partial charge is 0.481 e. The molecule has 2 atom stereocenters. The number of carboxylic acid groups (broad SMARTS) is 1. The molecule has 1 amide bonds. The summed E-state index contributed by atoms with van der Waals surface area (Å²) in [6.45, 7) is -0.347. The van der Waals surface area contributed by atoms with E-state index in [9.17, 15) is 23.1 Å². The summed E-state index contributed by atoms with van der Waals surface area (Å²) in [7, 11) is -2.42. The molecule has 0 bridgehead atoms. The molecule has 1 aromatic rings. The highest BCUT2D eigenvalue weighted by atomic mass is 32.2. The molecule has 2 N–H and O–H groups in total. The van der Waals surface area contributed by atoms with Crippen molar-refractivity contribution < 1.29 is 23.1 Å². The van der Waals surface area contributed by atoms with Gasteiger partial charge in [0.15, 0.2) is 0 Å². The Morgan fingerprint density at radius 3 is 2.35 bits per heavy atom. The van der Waals surface area contributed by atoms with Crippen molar-refractivity contribution in [2.24, 2.45) is 5.92 Å². The minimum absolute atomic E-state index is 0.115. The number of nitrogens with one attached hydrogen (secondary N) is 1. The van der Waals surface area contributed by atoms with Gasteiger partial charge in [0.05, 0.1) is 17.4 Å². The number of sulfonamides is 1. The summed E-state index contributed by atoms with van der Waals surface area (Å²) in [6.07, 6.45) is 4.82. The number of carbonyl (C=O) groups is 2. The van der Waals surface area contributed by atoms with E-state index in [1.807, 2.05) is 0 Å². The molecule has 1 saturated carbocycles. The van der Waals surface area contributed by atoms with E-state index < -0.39 is 33.9 Å². The smallest absolute Gasteiger partial charge is 0.308 e. The zero-order valence-electron chi connectivity index (χ0n) is 14.9. The van der Waals surface area contributed by atoms with Crippen molar-refractivity contribution in [3.8, 4) is 0 Å². The third-order valence-corrected chi connectivity index (χ3v) is 6.56. The van der Waals surface area contributed by atoms with Gasteiger partial charge in [0.1, 0.15) is 0 Å². The van der Waals surface area contributed by atoms with E-state index >= 15 is 0 Å². The summed E-state index contributed by atoms with van der Waals surface area (Å²) in [5, 5.41) is 12.2. The maximum absolute atomic E-state index is 12.5. The summed E-state index contributed by atoms with van der Waals surface area (Å²) in [5.41, 5.74) is 0. The molecule has 0 saturated heterocycles. The van der Waals surface area contributed by atoms with Crippen LogP contribution in [0.25, 0.3) is 0 Å². The Morgan fingerprint density at radius 2 is 1.73 bits per heavy atom. The summed E-state index contributed by atoms with van der Waals surface area (Å²) < 4.78 is 26.0. The number of hydrogen-bond donors (Lipinski definition) is 2. The predicted octanol–water partition coefficient (Wildman–Crippen LogP) is 1.85. The first-order valence-electron chi connectivity index (χ1n) is 8.86. The fourth-order valence-electron chi connectivity index (χ4n) is 3.26. The molecule has 1 aliphatic rings. The number of carbonyl (C=O) groups excluding carboxylic acids is 1. The van der Waals surface area contributed by atoms with Crippen LogP contribution in [0.2, 0.25) is 0 Å². The number of hydrogen-bond acceptors (Lipinski definition) is 4. The summed E-state index contributed by atoms with van der Waals surface area (Å²) in [4.78, 5) is 24.0. The topological polar surface area (TPSA) is 104 Å². The number of carboxylic acids is 1. The fourth-order valence-corrected chi connectivity index (χ4v) is 4.41. The molecule has 8 heteroatoms. The second kappa shape index (κ2) is 9.14. The van der Waals surface area contributed by atoms with Crippen LogP contribution < -0.4 is 5.32 Å². The zero-order chi connectivity index (χ0) is 19.2. The number of nitrogens with zero attached hydrogens (tertiary/aromatic N) is 1. The van der Waals surface area contributed by atoms with Crippen molar-refractivity contribution in [3.63, 3.8) is 0 Å². The van der Waals surface area contributed by atoms with Crippen LogP contribution in [0.15, 0.2) is 35.2 Å². The lowest BCUT2D eigenvalue weighted by Gasteiger charge is -2.28. The molecule has 1 aromatic carbocycles. The SMILES string of the molecule is CN(CC(=O)NC1CCCCCCC1C(=O)O)S(=O)(=O)c1ccccc1. The first-order valence-corrected chi connectivity index (χ1v) is 10.3. The minimum Gasteiger partial charge on any atom is -0.481 e. The average Bonchev–Trinajstić information content (AvgIpc) is 2.57. The third kappa shape index (κ3) is 5.28. The van der Waals surface area contributed by atoms with Gasteiger partial charge < -0.3 is 10.4 Å². The van der Waals surface area contributed by atoms with Gasteiger partial charge in [-0.25, -0.2) is 8.42 Å². The molecule has 0 aromatic heterocycles. The van der Waals surface area contributed by atoms with Gasteiger partial charge in [-0.3, -0.25) is 9.59 Å². The van der Waals surface area contributed by atoms with Gasteiger partial charge in [-0.15, -0.1) is 0 Å². The maximum Gasteiger partial charge on any atom is 0.308 e. The third-order valence-electron chi connectivity index (χ3n) is 4.75. The van der Waals surface area contributed by atoms with E-state index in [0.29, 0.717) is 12.8 Å². The van der Waals surface area contributed by atoms with Crippen molar-refractivity contribution in [3.05, 3.63) is 30.3 Å². The Balaban J connectivity index is 2.02. The van der Waals surface area contributed by atoms with E-state index in [1.165, 1.54) is 19.2 Å². The highest BCUT2D eigenvalue weighted by Crippen LogP contribution is 2.23. The van der Waals surface area contributed by atoms with E-state index in [0.717, 1.165) is 30.0 Å². The number of amides is 1. The number of likely N-dealkylation sites (N-methyl/N-ethyl adjacent to an activating group) is 1. The number of rotatable bonds is 6. The first kappa shape index (κ1) is 20.4. The molecule has 0 aliphatic heterocycles. The molecule has 26 heavy (non-hydrogen) atoms. The minimum atomic E-state index is -3.76. The fraction of sp³-hybridized carbons (Fsp3) is 0.556. The first-order chi connectivity index (χ1) is 12.3. The van der Waals surface area contributed by atoms with Crippen LogP contribution in [0.3, 0.4) is 0 Å². The maximum atomic E-state index is 12.5. The van der Waals surface area contributed by atoms with E-state index in [2.05, 4.69) is 5.32 Å². The Morgan fingerprint density at radius 1 is 1.12 bits per heavy atom. The molecule has 0 heterocycles. The normalized spacial score (nSPS) is 21.6. The van der Waals surface area contributed by atoms with E-state index in [-0.39, 0.29) is 11.4 Å². The second-order valence-corrected chi connectivity index (χ2v) is 8.73. The van der Waals surface area contributed by atoms with Crippen LogP contribution >= 0.6 is 0 Å². The van der Waals surface area contributed by atoms with Crippen LogP contribution in [0.1, 0.15) is 38.5 Å². The number of benzene rings is 1. The van der Waals surface area contributed by atoms with Crippen LogP contribution in [0, 0.1) is 5.92 Å². The van der Waals surface area contributed by atoms with Gasteiger partial charge in [-0.1, -0.05) is 43.9 Å². The van der Waals surface area contributed by atoms with Crippen LogP contribution in [0.4, 0.5) is 0 Å². The molecule has 2 rings (SSSR count). The standard InChI is InChI=1S/C18H26N2O5S/c1-20(26(24,25)14-9-5-4-6-10-14)13-17(21)19-16-12-8-3-2-7-11-15(16)18(22)23/h4-6,9-10,15-16H,2-3,7-8,11-13H2,1H3,(H,19,21)(H,22,23). The molecule has 0 spiro atoms. The van der Waals surface area contributed by atoms with Gasteiger partial charge in [0.25, 0.3) is 0 Å². The van der Waals surface area contributed by atoms with Gasteiger partial charge in [0, 0.05) is 13.1 Å². The van der Waals surface area contributed by atoms with E-state index in [1.54, 1.807) is 18.2 Å². The Kier molecular flexibility index (Phi) is 7.16. The summed E-state index contributed by atoms with van der Waals surface area (Å²) in [5.74, 6) is -2.03. The lowest BCUT2D eigenvalue weighted by atomic mass is 9.87. The predicted molar refractivity (Wildman–Crippen MR) is 97.0 cm³/mol. The van der Waals surface area contributed by atoms with Gasteiger partial charge in [0.2, 0.25) is 15.9 Å². The lowest BCUT2D eigenvalue weighted by Crippen LogP contribution is -2.47. The van der Waals surface area contributed by atoms with Crippen molar-refractivity contribution in [1.82, 2.24) is 9.62 Å². The molecule has 1 aliphatic carbocycles. The highest BCUT2D eigenvalue weighted by molar-refractivity contribution is 7.89. The molecule has 0 radical (unpaired) electrons. The Labute approximate surface area is 154 Å². The molecular formula is C18H26N2O5S. The molecule has 1 fully saturated rings. The van der Waals surface area contributed by atoms with Crippen molar-refractivity contribution in [1.29, 1.82) is 0 Å². The Bertz CT molecular complexity index is 720. The molecular weight excluding hydrogens is 356 g/mol. The monoisotopic (exact) mass is 382 g/mol. The average molecular weight is 382 g/mol. The van der Waals surface area contributed by atoms with Crippen molar-refractivity contribution in [2.75, 3.05) is 13.6 Å². The van der Waals surface area contributed by atoms with Crippen LogP contribution in [0.5, 0.6) is 0 Å². The molecule has 144 valence electrons. The van der Waals surface area contributed by atoms with Gasteiger partial charge in [-0.05, 0) is 25.0 Å². The quantitative estimate of drug-likeness (QED) is 0.781. The van der Waals surface area contributed by atoms with Crippen molar-refractivity contribution >= 4 is 21.9 Å². The lowest BCUT2D eigenvalue weighted by molar-refractivity contribution is -0.143. The van der Waals surface area contributed by atoms with Gasteiger partial charge >= 0.3 is 5.97 Å². The Hall–Kier alpha value is -1.93. The molecule has 7 nitrogen and oxygen atoms in total. The highest BCUT2D eigenvalue weighted by Gasteiger charge is 2.31. The number of aliphatic carboxylic acids is 1. The second-order valence-electron chi connectivity index (χ2n) is 6.68. The van der Waals surface area contributed by atoms with Crippen molar-refractivity contribution in [2.45, 2.75) is 49.5 Å². The van der Waals surface area contributed by atoms with Crippen LogP contribution in [-0.2, 0) is 19.6 Å². The summed E-state index contributed by atoms with van der Waals surface area (Å²) in [6, 6.07) is 7.43. The summed E-state index contributed by atoms with van der Waals surface area (Å²) >= 11 is 0. The van der Waals surface area contributed by atoms with E-state index in [4.69, 9.17) is 0 Å². The zero-order valence-corrected chi connectivity index (χ0v) is 15.7. The van der Waals surface area contributed by atoms with Gasteiger partial charge in [-0.2, -0.15) is 4.31 Å². The van der Waals surface area contributed by atoms with Crippen LogP contribution in [-0.4, -0.2) is 49.3 Å². The molecule has 2 unspecified atom stereocenters.